The number of hydrogen-bond donors (Lipinski definition) is 1. The molecule has 2 atom stereocenters. The summed E-state index contributed by atoms with van der Waals surface area (Å²) in [4.78, 5) is 6.72. The largest absolute Gasteiger partial charge is 0.336 e. The highest BCUT2D eigenvalue weighted by Crippen LogP contribution is 2.27. The van der Waals surface area contributed by atoms with Gasteiger partial charge < -0.3 is 10.3 Å². The first-order chi connectivity index (χ1) is 8.26. The number of nitrogens with two attached hydrogens (primary N) is 1. The predicted octanol–water partition coefficient (Wildman–Crippen LogP) is 1.25. The third kappa shape index (κ3) is 2.84. The van der Waals surface area contributed by atoms with Crippen molar-refractivity contribution in [3.63, 3.8) is 0 Å². The van der Waals surface area contributed by atoms with Gasteiger partial charge in [-0.25, -0.2) is 4.98 Å². The smallest absolute Gasteiger partial charge is 0.0946 e. The molecule has 1 saturated heterocycles. The zero-order valence-electron chi connectivity index (χ0n) is 10.7. The van der Waals surface area contributed by atoms with Crippen molar-refractivity contribution in [2.24, 2.45) is 12.8 Å². The van der Waals surface area contributed by atoms with Gasteiger partial charge in [0.05, 0.1) is 18.1 Å². The van der Waals surface area contributed by atoms with Crippen LogP contribution in [0.25, 0.3) is 0 Å². The molecule has 17 heavy (non-hydrogen) atoms. The molecular formula is C12H22N4S. The zero-order chi connectivity index (χ0) is 12.3. The highest BCUT2D eigenvalue weighted by molar-refractivity contribution is 8.00. The molecule has 0 bridgehead atoms. The summed E-state index contributed by atoms with van der Waals surface area (Å²) in [6.45, 7) is 5.21. The van der Waals surface area contributed by atoms with Crippen molar-refractivity contribution in [3.05, 3.63) is 18.2 Å². The molecule has 2 heterocycles. The summed E-state index contributed by atoms with van der Waals surface area (Å²) in [5.74, 6) is 1.22. The minimum absolute atomic E-state index is 0.317. The van der Waals surface area contributed by atoms with Crippen LogP contribution in [0, 0.1) is 0 Å². The second kappa shape index (κ2) is 5.89. The van der Waals surface area contributed by atoms with Crippen molar-refractivity contribution in [3.8, 4) is 0 Å². The molecule has 1 aliphatic rings. The third-order valence-corrected chi connectivity index (χ3v) is 4.86. The van der Waals surface area contributed by atoms with Crippen LogP contribution >= 0.6 is 11.8 Å². The fourth-order valence-electron chi connectivity index (χ4n) is 2.42. The average Bonchev–Trinajstić information content (AvgIpc) is 2.77. The Balaban J connectivity index is 2.10. The summed E-state index contributed by atoms with van der Waals surface area (Å²) in [5, 5.41) is 0.756. The highest BCUT2D eigenvalue weighted by Gasteiger charge is 2.27. The van der Waals surface area contributed by atoms with Crippen molar-refractivity contribution in [1.29, 1.82) is 0 Å². The van der Waals surface area contributed by atoms with E-state index in [4.69, 9.17) is 5.73 Å². The summed E-state index contributed by atoms with van der Waals surface area (Å²) in [7, 11) is 2.04. The van der Waals surface area contributed by atoms with E-state index in [-0.39, 0.29) is 0 Å². The summed E-state index contributed by atoms with van der Waals surface area (Å²) in [6, 6.07) is 0.317. The molecule has 0 saturated carbocycles. The lowest BCUT2D eigenvalue weighted by atomic mass is 10.1. The maximum Gasteiger partial charge on any atom is 0.0946 e. The van der Waals surface area contributed by atoms with Crippen LogP contribution in [0.1, 0.15) is 25.1 Å². The van der Waals surface area contributed by atoms with Crippen LogP contribution in [0.3, 0.4) is 0 Å². The lowest BCUT2D eigenvalue weighted by Gasteiger charge is -2.37. The normalized spacial score (nSPS) is 23.8. The Morgan fingerprint density at radius 3 is 3.06 bits per heavy atom. The van der Waals surface area contributed by atoms with Crippen molar-refractivity contribution >= 4 is 11.8 Å². The fraction of sp³-hybridized carbons (Fsp3) is 0.750. The average molecular weight is 254 g/mol. The van der Waals surface area contributed by atoms with Gasteiger partial charge in [0.15, 0.2) is 0 Å². The maximum absolute atomic E-state index is 5.96. The Labute approximate surface area is 108 Å². The number of imidazole rings is 1. The lowest BCUT2D eigenvalue weighted by molar-refractivity contribution is 0.201. The molecular weight excluding hydrogens is 232 g/mol. The molecule has 1 aromatic heterocycles. The minimum Gasteiger partial charge on any atom is -0.336 e. The Morgan fingerprint density at radius 1 is 1.65 bits per heavy atom. The quantitative estimate of drug-likeness (QED) is 0.878. The lowest BCUT2D eigenvalue weighted by Crippen LogP contribution is -2.43. The SMILES string of the molecule is CCC1CN(C(CN)c2cncn2C)CCS1. The topological polar surface area (TPSA) is 47.1 Å². The monoisotopic (exact) mass is 254 g/mol. The second-order valence-electron chi connectivity index (χ2n) is 4.58. The van der Waals surface area contributed by atoms with E-state index in [2.05, 4.69) is 33.1 Å². The Hall–Kier alpha value is -0.520. The standard InChI is InChI=1S/C12H22N4S/c1-3-10-8-16(4-5-17-10)11(6-13)12-7-14-9-15(12)2/h7,9-11H,3-6,8,13H2,1-2H3. The molecule has 0 aliphatic carbocycles. The van der Waals surface area contributed by atoms with E-state index in [1.165, 1.54) is 17.9 Å². The summed E-state index contributed by atoms with van der Waals surface area (Å²) >= 11 is 2.09. The second-order valence-corrected chi connectivity index (χ2v) is 5.99. The molecule has 2 rings (SSSR count). The molecule has 2 N–H and O–H groups in total. The summed E-state index contributed by atoms with van der Waals surface area (Å²) < 4.78 is 2.08. The molecule has 1 aliphatic heterocycles. The van der Waals surface area contributed by atoms with Gasteiger partial charge in [0.25, 0.3) is 0 Å². The van der Waals surface area contributed by atoms with Crippen LogP contribution < -0.4 is 5.73 Å². The first-order valence-electron chi connectivity index (χ1n) is 6.28. The van der Waals surface area contributed by atoms with Gasteiger partial charge in [-0.1, -0.05) is 6.92 Å². The van der Waals surface area contributed by atoms with Crippen LogP contribution in [-0.4, -0.2) is 45.1 Å². The van der Waals surface area contributed by atoms with Crippen LogP contribution in [0.2, 0.25) is 0 Å². The van der Waals surface area contributed by atoms with Crippen LogP contribution in [0.4, 0.5) is 0 Å². The Morgan fingerprint density at radius 2 is 2.47 bits per heavy atom. The molecule has 4 nitrogen and oxygen atoms in total. The van der Waals surface area contributed by atoms with Crippen molar-refractivity contribution in [1.82, 2.24) is 14.5 Å². The number of hydrogen-bond acceptors (Lipinski definition) is 4. The molecule has 0 amide bonds. The van der Waals surface area contributed by atoms with Crippen molar-refractivity contribution < 1.29 is 0 Å². The van der Waals surface area contributed by atoms with Crippen LogP contribution in [0.15, 0.2) is 12.5 Å². The number of rotatable bonds is 4. The van der Waals surface area contributed by atoms with E-state index < -0.39 is 0 Å². The molecule has 1 aromatic rings. The van der Waals surface area contributed by atoms with Gasteiger partial charge in [0.2, 0.25) is 0 Å². The molecule has 1 fully saturated rings. The zero-order valence-corrected chi connectivity index (χ0v) is 11.5. The van der Waals surface area contributed by atoms with Gasteiger partial charge in [-0.3, -0.25) is 4.90 Å². The molecule has 0 radical (unpaired) electrons. The van der Waals surface area contributed by atoms with Crippen molar-refractivity contribution in [2.45, 2.75) is 24.6 Å². The van der Waals surface area contributed by atoms with E-state index >= 15 is 0 Å². The molecule has 0 spiro atoms. The first kappa shape index (κ1) is 12.9. The predicted molar refractivity (Wildman–Crippen MR) is 73.1 cm³/mol. The summed E-state index contributed by atoms with van der Waals surface area (Å²) in [6.07, 6.45) is 5.04. The number of aryl methyl sites for hydroxylation is 1. The minimum atomic E-state index is 0.317. The summed E-state index contributed by atoms with van der Waals surface area (Å²) in [5.41, 5.74) is 7.19. The molecule has 0 aromatic carbocycles. The van der Waals surface area contributed by atoms with Gasteiger partial charge in [-0.2, -0.15) is 11.8 Å². The van der Waals surface area contributed by atoms with E-state index in [0.29, 0.717) is 12.6 Å². The van der Waals surface area contributed by atoms with Crippen LogP contribution in [0.5, 0.6) is 0 Å². The molecule has 2 unspecified atom stereocenters. The van der Waals surface area contributed by atoms with Gasteiger partial charge in [0.1, 0.15) is 0 Å². The Bertz CT molecular complexity index is 352. The van der Waals surface area contributed by atoms with E-state index in [1.54, 1.807) is 0 Å². The van der Waals surface area contributed by atoms with Gasteiger partial charge >= 0.3 is 0 Å². The third-order valence-electron chi connectivity index (χ3n) is 3.48. The number of thioether (sulfide) groups is 1. The number of aromatic nitrogens is 2. The van der Waals surface area contributed by atoms with Crippen molar-refractivity contribution in [2.75, 3.05) is 25.4 Å². The Kier molecular flexibility index (Phi) is 4.48. The fourth-order valence-corrected chi connectivity index (χ4v) is 3.62. The van der Waals surface area contributed by atoms with E-state index in [1.807, 2.05) is 19.6 Å². The van der Waals surface area contributed by atoms with Crippen LogP contribution in [-0.2, 0) is 7.05 Å². The maximum atomic E-state index is 5.96. The van der Waals surface area contributed by atoms with E-state index in [0.717, 1.165) is 18.3 Å². The highest BCUT2D eigenvalue weighted by atomic mass is 32.2. The van der Waals surface area contributed by atoms with E-state index in [9.17, 15) is 0 Å². The van der Waals surface area contributed by atoms with Gasteiger partial charge in [-0.05, 0) is 6.42 Å². The van der Waals surface area contributed by atoms with Gasteiger partial charge in [0, 0.05) is 43.9 Å². The first-order valence-corrected chi connectivity index (χ1v) is 7.33. The molecule has 96 valence electrons. The van der Waals surface area contributed by atoms with Gasteiger partial charge in [-0.15, -0.1) is 0 Å². The molecule has 5 heteroatoms. The number of nitrogens with zero attached hydrogens (tertiary/aromatic N) is 3.